The predicted molar refractivity (Wildman–Crippen MR) is 133 cm³/mol. The van der Waals surface area contributed by atoms with Crippen molar-refractivity contribution in [2.45, 2.75) is 45.9 Å². The van der Waals surface area contributed by atoms with Crippen LogP contribution in [0.15, 0.2) is 36.4 Å². The van der Waals surface area contributed by atoms with Gasteiger partial charge in [0, 0.05) is 52.0 Å². The molecular formula is C26H35FN3O4W-. The smallest absolute Gasteiger partial charge is 0.250 e. The number of carbonyl (C=O) groups is 1. The van der Waals surface area contributed by atoms with E-state index in [2.05, 4.69) is 11.4 Å². The molecule has 35 heavy (non-hydrogen) atoms. The van der Waals surface area contributed by atoms with E-state index in [-0.39, 0.29) is 38.1 Å². The van der Waals surface area contributed by atoms with Crippen molar-refractivity contribution in [1.82, 2.24) is 4.90 Å². The number of fused-ring (bicyclic) bond motifs is 1. The molecule has 1 aliphatic heterocycles. The number of aliphatic hydroxyl groups is 1. The van der Waals surface area contributed by atoms with Crippen LogP contribution in [0.2, 0.25) is 0 Å². The maximum atomic E-state index is 13.6. The van der Waals surface area contributed by atoms with E-state index < -0.39 is 29.3 Å². The number of nitrogens with zero attached hydrogens (tertiary/aromatic N) is 3. The van der Waals surface area contributed by atoms with E-state index in [1.807, 2.05) is 44.3 Å². The van der Waals surface area contributed by atoms with Crippen molar-refractivity contribution in [3.8, 4) is 11.5 Å². The van der Waals surface area contributed by atoms with E-state index >= 15 is 0 Å². The molecule has 0 unspecified atom stereocenters. The van der Waals surface area contributed by atoms with Crippen LogP contribution in [-0.4, -0.2) is 53.8 Å². The molecule has 3 N–H and O–H groups in total. The Morgan fingerprint density at radius 3 is 2.37 bits per heavy atom. The molecule has 0 radical (unpaired) electrons. The number of phenols is 2. The summed E-state index contributed by atoms with van der Waals surface area (Å²) < 4.78 is 13.6. The molecule has 9 heteroatoms. The Hall–Kier alpha value is -2.25. The number of hydrogen-bond donors (Lipinski definition) is 3. The SMILES string of the molecule is CC(C)(C)c1cc(CO)c(O)c(O)c1F.CN(C)C/C=C/C(=O)N(C)c1cccc2c1C[N-]C2.[W]. The van der Waals surface area contributed by atoms with E-state index in [0.717, 1.165) is 18.8 Å². The number of amides is 1. The number of benzene rings is 2. The molecule has 0 aliphatic carbocycles. The Labute approximate surface area is 221 Å². The molecule has 1 heterocycles. The summed E-state index contributed by atoms with van der Waals surface area (Å²) in [5.74, 6) is -2.23. The Kier molecular flexibility index (Phi) is 11.6. The number of hydrogen-bond acceptors (Lipinski definition) is 5. The molecule has 0 spiro atoms. The zero-order valence-electron chi connectivity index (χ0n) is 21.2. The van der Waals surface area contributed by atoms with E-state index in [9.17, 15) is 19.4 Å². The first-order valence-electron chi connectivity index (χ1n) is 11.1. The second-order valence-corrected chi connectivity index (χ2v) is 9.52. The van der Waals surface area contributed by atoms with Crippen molar-refractivity contribution < 1.29 is 45.6 Å². The molecule has 0 aromatic heterocycles. The van der Waals surface area contributed by atoms with Crippen LogP contribution in [0.3, 0.4) is 0 Å². The normalized spacial score (nSPS) is 12.7. The van der Waals surface area contributed by atoms with Crippen molar-refractivity contribution in [2.24, 2.45) is 0 Å². The molecule has 0 bridgehead atoms. The first-order chi connectivity index (χ1) is 15.9. The zero-order chi connectivity index (χ0) is 25.6. The number of aromatic hydroxyl groups is 2. The Morgan fingerprint density at radius 2 is 1.80 bits per heavy atom. The molecule has 0 saturated heterocycles. The molecule has 1 amide bonds. The van der Waals surface area contributed by atoms with E-state index in [4.69, 9.17) is 5.11 Å². The predicted octanol–water partition coefficient (Wildman–Crippen LogP) is 4.18. The van der Waals surface area contributed by atoms with Crippen molar-refractivity contribution in [2.75, 3.05) is 32.6 Å². The van der Waals surface area contributed by atoms with Crippen LogP contribution in [0.4, 0.5) is 10.1 Å². The molecule has 192 valence electrons. The van der Waals surface area contributed by atoms with Gasteiger partial charge < -0.3 is 30.4 Å². The van der Waals surface area contributed by atoms with Gasteiger partial charge >= 0.3 is 0 Å². The number of halogens is 1. The van der Waals surface area contributed by atoms with Gasteiger partial charge in [0.25, 0.3) is 0 Å². The Morgan fingerprint density at radius 1 is 1.14 bits per heavy atom. The number of phenolic OH excluding ortho intramolecular Hbond substituents is 1. The van der Waals surface area contributed by atoms with Crippen LogP contribution in [0.1, 0.15) is 43.0 Å². The van der Waals surface area contributed by atoms with Crippen LogP contribution in [0, 0.1) is 5.82 Å². The monoisotopic (exact) mass is 656 g/mol. The molecule has 2 aromatic rings. The summed E-state index contributed by atoms with van der Waals surface area (Å²) in [6, 6.07) is 7.42. The van der Waals surface area contributed by atoms with Gasteiger partial charge in [-0.2, -0.15) is 0 Å². The fourth-order valence-electron chi connectivity index (χ4n) is 3.50. The van der Waals surface area contributed by atoms with Gasteiger partial charge in [-0.05, 0) is 42.8 Å². The third-order valence-electron chi connectivity index (χ3n) is 5.49. The number of carbonyl (C=O) groups excluding carboxylic acids is 1. The molecule has 0 saturated carbocycles. The van der Waals surface area contributed by atoms with Gasteiger partial charge in [-0.3, -0.25) is 4.79 Å². The van der Waals surface area contributed by atoms with E-state index in [1.54, 1.807) is 31.7 Å². The number of likely N-dealkylation sites (N-methyl/N-ethyl adjacent to an activating group) is 2. The summed E-state index contributed by atoms with van der Waals surface area (Å²) in [4.78, 5) is 15.8. The largest absolute Gasteiger partial charge is 0.655 e. The van der Waals surface area contributed by atoms with Crippen molar-refractivity contribution in [3.63, 3.8) is 0 Å². The summed E-state index contributed by atoms with van der Waals surface area (Å²) in [7, 11) is 5.77. The van der Waals surface area contributed by atoms with E-state index in [0.29, 0.717) is 6.54 Å². The molecule has 7 nitrogen and oxygen atoms in total. The molecule has 0 fully saturated rings. The fourth-order valence-corrected chi connectivity index (χ4v) is 3.50. The Balaban J connectivity index is 0.000000350. The average Bonchev–Trinajstić information content (AvgIpc) is 3.25. The second kappa shape index (κ2) is 13.2. The minimum Gasteiger partial charge on any atom is -0.655 e. The van der Waals surface area contributed by atoms with Crippen LogP contribution in [0.5, 0.6) is 11.5 Å². The van der Waals surface area contributed by atoms with Crippen molar-refractivity contribution in [3.05, 3.63) is 69.8 Å². The van der Waals surface area contributed by atoms with Gasteiger partial charge in [-0.1, -0.05) is 44.5 Å². The van der Waals surface area contributed by atoms with Gasteiger partial charge in [0.05, 0.1) is 6.61 Å². The van der Waals surface area contributed by atoms with Crippen LogP contribution >= 0.6 is 0 Å². The third-order valence-corrected chi connectivity index (χ3v) is 5.49. The standard InChI is InChI=1S/C15H20N3O.C11H15FO3.W/c1-17(2)9-5-8-15(19)18(3)14-7-4-6-12-10-16-11-13(12)14;1-11(2,3)7-4-6(5-13)9(14)10(15)8(7)12;/h4-8H,9-11H2,1-3H3;4,13-15H,5H2,1-3H3;/q-1;;/b8-5+;;. The van der Waals surface area contributed by atoms with Gasteiger partial charge in [-0.25, -0.2) is 4.39 Å². The quantitative estimate of drug-likeness (QED) is 0.332. The van der Waals surface area contributed by atoms with Gasteiger partial charge in [-0.15, -0.1) is 13.1 Å². The topological polar surface area (TPSA) is 98.3 Å². The maximum absolute atomic E-state index is 13.6. The average molecular weight is 656 g/mol. The molecular weight excluding hydrogens is 621 g/mol. The minimum atomic E-state index is -0.836. The first-order valence-corrected chi connectivity index (χ1v) is 11.1. The maximum Gasteiger partial charge on any atom is 0.250 e. The minimum absolute atomic E-state index is 0. The summed E-state index contributed by atoms with van der Waals surface area (Å²) >= 11 is 0. The fraction of sp³-hybridized carbons (Fsp3) is 0.423. The zero-order valence-corrected chi connectivity index (χ0v) is 24.1. The number of aliphatic hydroxyl groups excluding tert-OH is 1. The van der Waals surface area contributed by atoms with Crippen molar-refractivity contribution >= 4 is 11.6 Å². The number of anilines is 1. The molecule has 2 aromatic carbocycles. The van der Waals surface area contributed by atoms with Crippen LogP contribution in [0.25, 0.3) is 5.32 Å². The second-order valence-electron chi connectivity index (χ2n) is 9.52. The van der Waals surface area contributed by atoms with Gasteiger partial charge in [0.15, 0.2) is 17.3 Å². The van der Waals surface area contributed by atoms with Gasteiger partial charge in [0.2, 0.25) is 5.91 Å². The summed E-state index contributed by atoms with van der Waals surface area (Å²) in [6.45, 7) is 7.14. The summed E-state index contributed by atoms with van der Waals surface area (Å²) in [5.41, 5.74) is 3.27. The van der Waals surface area contributed by atoms with Gasteiger partial charge in [0.1, 0.15) is 0 Å². The van der Waals surface area contributed by atoms with Crippen LogP contribution in [-0.2, 0) is 51.0 Å². The molecule has 3 rings (SSSR count). The number of rotatable bonds is 5. The summed E-state index contributed by atoms with van der Waals surface area (Å²) in [6.07, 6.45) is 3.51. The summed E-state index contributed by atoms with van der Waals surface area (Å²) in [5, 5.41) is 32.0. The molecule has 0 atom stereocenters. The molecule has 1 aliphatic rings. The van der Waals surface area contributed by atoms with Crippen LogP contribution < -0.4 is 4.90 Å². The van der Waals surface area contributed by atoms with Crippen molar-refractivity contribution in [1.29, 1.82) is 0 Å². The van der Waals surface area contributed by atoms with E-state index in [1.165, 1.54) is 17.2 Å². The Bertz CT molecular complexity index is 1050. The first kappa shape index (κ1) is 30.8. The third kappa shape index (κ3) is 7.87.